The van der Waals surface area contributed by atoms with Gasteiger partial charge < -0.3 is 0 Å². The molecule has 0 radical (unpaired) electrons. The van der Waals surface area contributed by atoms with Crippen LogP contribution in [-0.2, 0) is 0 Å². The third-order valence-corrected chi connectivity index (χ3v) is 9.29. The van der Waals surface area contributed by atoms with Crippen LogP contribution in [0.15, 0.2) is 129 Å². The molecule has 2 nitrogen and oxygen atoms in total. The second kappa shape index (κ2) is 7.82. The summed E-state index contributed by atoms with van der Waals surface area (Å²) < 4.78 is 0. The average molecular weight is 495 g/mol. The predicted octanol–water partition coefficient (Wildman–Crippen LogP) is 9.23. The molecule has 0 saturated heterocycles. The van der Waals surface area contributed by atoms with Gasteiger partial charge in [0.15, 0.2) is 0 Å². The predicted molar refractivity (Wildman–Crippen MR) is 150 cm³/mol. The van der Waals surface area contributed by atoms with Crippen LogP contribution in [0.5, 0.6) is 0 Å². The van der Waals surface area contributed by atoms with E-state index < -0.39 is 0 Å². The molecule has 0 fully saturated rings. The maximum Gasteiger partial charge on any atom is 0.0346 e. The van der Waals surface area contributed by atoms with Gasteiger partial charge >= 0.3 is 0 Å². The van der Waals surface area contributed by atoms with Crippen molar-refractivity contribution in [1.29, 1.82) is 0 Å². The van der Waals surface area contributed by atoms with Crippen LogP contribution in [0.1, 0.15) is 0 Å². The third kappa shape index (κ3) is 3.01. The Bertz CT molecular complexity index is 1690. The molecule has 0 atom stereocenters. The van der Waals surface area contributed by atoms with Gasteiger partial charge in [-0.15, -0.1) is 0 Å². The zero-order valence-corrected chi connectivity index (χ0v) is 20.7. The highest BCUT2D eigenvalue weighted by molar-refractivity contribution is 8.00. The van der Waals surface area contributed by atoms with E-state index >= 15 is 0 Å². The summed E-state index contributed by atoms with van der Waals surface area (Å²) in [5.74, 6) is 0. The van der Waals surface area contributed by atoms with Gasteiger partial charge in [0.2, 0.25) is 0 Å². The van der Waals surface area contributed by atoms with E-state index in [1.807, 2.05) is 60.4 Å². The van der Waals surface area contributed by atoms with Crippen LogP contribution in [0.3, 0.4) is 0 Å². The molecule has 8 rings (SSSR count). The van der Waals surface area contributed by atoms with Crippen LogP contribution >= 0.6 is 23.5 Å². The van der Waals surface area contributed by atoms with Crippen LogP contribution < -0.4 is 0 Å². The van der Waals surface area contributed by atoms with Crippen LogP contribution in [0.2, 0.25) is 0 Å². The van der Waals surface area contributed by atoms with Gasteiger partial charge in [0, 0.05) is 66.3 Å². The lowest BCUT2D eigenvalue weighted by molar-refractivity contribution is 1.31. The van der Waals surface area contributed by atoms with Gasteiger partial charge in [-0.1, -0.05) is 72.1 Å². The molecular weight excluding hydrogens is 477 g/mol. The minimum absolute atomic E-state index is 1.15. The summed E-state index contributed by atoms with van der Waals surface area (Å²) in [7, 11) is 0. The number of hydrogen-bond acceptors (Lipinski definition) is 4. The molecule has 6 aromatic rings. The van der Waals surface area contributed by atoms with Crippen LogP contribution in [0, 0.1) is 0 Å². The molecule has 36 heavy (non-hydrogen) atoms. The first-order chi connectivity index (χ1) is 17.8. The molecule has 0 bridgehead atoms. The van der Waals surface area contributed by atoms with Gasteiger partial charge in [-0.3, -0.25) is 9.97 Å². The number of rotatable bonds is 2. The second-order valence-corrected chi connectivity index (χ2v) is 11.2. The fourth-order valence-electron chi connectivity index (χ4n) is 5.37. The summed E-state index contributed by atoms with van der Waals surface area (Å²) in [6.45, 7) is 0. The number of aromatic nitrogens is 2. The first-order valence-electron chi connectivity index (χ1n) is 11.9. The monoisotopic (exact) mass is 494 g/mol. The Labute approximate surface area is 217 Å². The van der Waals surface area contributed by atoms with E-state index in [2.05, 4.69) is 82.8 Å². The quantitative estimate of drug-likeness (QED) is 0.239. The summed E-state index contributed by atoms with van der Waals surface area (Å²) >= 11 is 3.76. The maximum atomic E-state index is 4.30. The van der Waals surface area contributed by atoms with E-state index in [9.17, 15) is 0 Å². The maximum absolute atomic E-state index is 4.30. The van der Waals surface area contributed by atoms with Gasteiger partial charge in [0.1, 0.15) is 0 Å². The van der Waals surface area contributed by atoms with Crippen molar-refractivity contribution in [2.45, 2.75) is 19.6 Å². The van der Waals surface area contributed by atoms with Gasteiger partial charge in [0.05, 0.1) is 0 Å². The molecule has 0 unspecified atom stereocenters. The molecule has 4 heteroatoms. The van der Waals surface area contributed by atoms with Gasteiger partial charge in [-0.25, -0.2) is 0 Å². The molecule has 2 aliphatic heterocycles. The highest BCUT2D eigenvalue weighted by Crippen LogP contribution is 2.56. The van der Waals surface area contributed by atoms with E-state index in [1.165, 1.54) is 63.7 Å². The number of pyridine rings is 2. The van der Waals surface area contributed by atoms with Crippen molar-refractivity contribution in [1.82, 2.24) is 9.97 Å². The molecular formula is C32H18N2S2. The van der Waals surface area contributed by atoms with E-state index in [1.54, 1.807) is 0 Å². The second-order valence-electron chi connectivity index (χ2n) is 9.08. The first-order valence-corrected chi connectivity index (χ1v) is 13.5. The fourth-order valence-corrected chi connectivity index (χ4v) is 7.70. The normalized spacial score (nSPS) is 12.8. The Balaban J connectivity index is 1.30. The molecule has 0 spiro atoms. The highest BCUT2D eigenvalue weighted by atomic mass is 32.2. The largest absolute Gasteiger partial charge is 0.264 e. The summed E-state index contributed by atoms with van der Waals surface area (Å²) in [6.07, 6.45) is 7.51. The van der Waals surface area contributed by atoms with Crippen molar-refractivity contribution >= 4 is 34.3 Å². The van der Waals surface area contributed by atoms with Crippen LogP contribution in [-0.4, -0.2) is 9.97 Å². The molecule has 0 aliphatic carbocycles. The average Bonchev–Trinajstić information content (AvgIpc) is 2.95. The number of hydrogen-bond donors (Lipinski definition) is 0. The lowest BCUT2D eigenvalue weighted by Crippen LogP contribution is -1.99. The molecule has 0 N–H and O–H groups in total. The van der Waals surface area contributed by atoms with Crippen molar-refractivity contribution < 1.29 is 0 Å². The van der Waals surface area contributed by atoms with E-state index in [0.29, 0.717) is 0 Å². The molecule has 4 heterocycles. The first kappa shape index (κ1) is 20.3. The minimum Gasteiger partial charge on any atom is -0.264 e. The van der Waals surface area contributed by atoms with Crippen LogP contribution in [0.25, 0.3) is 55.3 Å². The highest BCUT2D eigenvalue weighted by Gasteiger charge is 2.26. The SMILES string of the molecule is c1cncc(-c2ccc3c(c2)Sc2ccc4c5c(ccc-3c25)-c2ccc(-c3cccnc3)cc2S4)c1. The number of nitrogens with zero attached hydrogens (tertiary/aromatic N) is 2. The van der Waals surface area contributed by atoms with Gasteiger partial charge in [0.25, 0.3) is 0 Å². The molecule has 2 aromatic heterocycles. The number of benzene rings is 4. The minimum atomic E-state index is 1.15. The zero-order valence-electron chi connectivity index (χ0n) is 19.1. The third-order valence-electron chi connectivity index (χ3n) is 7.06. The van der Waals surface area contributed by atoms with Crippen molar-refractivity contribution in [2.24, 2.45) is 0 Å². The smallest absolute Gasteiger partial charge is 0.0346 e. The summed E-state index contributed by atoms with van der Waals surface area (Å²) in [6, 6.07) is 31.1. The molecule has 168 valence electrons. The van der Waals surface area contributed by atoms with Crippen LogP contribution in [0.4, 0.5) is 0 Å². The van der Waals surface area contributed by atoms with Gasteiger partial charge in [-0.2, -0.15) is 0 Å². The zero-order chi connectivity index (χ0) is 23.6. The Morgan fingerprint density at radius 3 is 1.33 bits per heavy atom. The molecule has 2 aliphatic rings. The summed E-state index contributed by atoms with van der Waals surface area (Å²) in [5.41, 5.74) is 9.99. The lowest BCUT2D eigenvalue weighted by atomic mass is 9.90. The van der Waals surface area contributed by atoms with E-state index in [4.69, 9.17) is 0 Å². The Morgan fingerprint density at radius 1 is 0.417 bits per heavy atom. The van der Waals surface area contributed by atoms with Crippen molar-refractivity contribution in [2.75, 3.05) is 0 Å². The molecule has 4 aromatic carbocycles. The summed E-state index contributed by atoms with van der Waals surface area (Å²) in [5, 5.41) is 2.76. The molecule has 0 saturated carbocycles. The van der Waals surface area contributed by atoms with E-state index in [-0.39, 0.29) is 0 Å². The van der Waals surface area contributed by atoms with Crippen molar-refractivity contribution in [3.05, 3.63) is 110 Å². The Hall–Kier alpha value is -3.86. The standard InChI is InChI=1S/C32H18N2S2/c1-3-21(17-33-13-1)19-5-7-23-25-9-10-26-24-8-6-20(22-4-2-14-34-18-22)16-30(24)36-28-12-11-27(31(25)32(26)28)35-29(23)15-19/h1-18H. The molecule has 0 amide bonds. The van der Waals surface area contributed by atoms with Gasteiger partial charge in [-0.05, 0) is 69.8 Å². The lowest BCUT2D eigenvalue weighted by Gasteiger charge is -2.27. The Morgan fingerprint density at radius 2 is 0.889 bits per heavy atom. The fraction of sp³-hybridized carbons (Fsp3) is 0. The Kier molecular flexibility index (Phi) is 4.42. The topological polar surface area (TPSA) is 25.8 Å². The van der Waals surface area contributed by atoms with Crippen molar-refractivity contribution in [3.8, 4) is 44.5 Å². The van der Waals surface area contributed by atoms with E-state index in [0.717, 1.165) is 11.1 Å². The van der Waals surface area contributed by atoms with Crippen molar-refractivity contribution in [3.63, 3.8) is 0 Å². The number of fused-ring (bicyclic) bond motifs is 4. The summed E-state index contributed by atoms with van der Waals surface area (Å²) in [4.78, 5) is 13.9.